The molecule has 1 amide bonds. The first kappa shape index (κ1) is 24.1. The van der Waals surface area contributed by atoms with Crippen molar-refractivity contribution in [1.29, 1.82) is 5.26 Å². The van der Waals surface area contributed by atoms with Gasteiger partial charge in [-0.2, -0.15) is 22.8 Å². The van der Waals surface area contributed by atoms with Crippen molar-refractivity contribution < 1.29 is 27.1 Å². The van der Waals surface area contributed by atoms with E-state index < -0.39 is 24.2 Å². The van der Waals surface area contributed by atoms with Crippen molar-refractivity contribution in [3.05, 3.63) is 45.8 Å². The van der Waals surface area contributed by atoms with Gasteiger partial charge in [0.05, 0.1) is 5.56 Å². The van der Waals surface area contributed by atoms with Crippen LogP contribution in [0.3, 0.4) is 0 Å². The number of nitrogens with one attached hydrogen (secondary N) is 1. The minimum Gasteiger partial charge on any atom is -0.428 e. The Morgan fingerprint density at radius 1 is 1.38 bits per heavy atom. The number of anilines is 1. The van der Waals surface area contributed by atoms with Crippen molar-refractivity contribution in [1.82, 2.24) is 0 Å². The molecule has 1 atom stereocenters. The second kappa shape index (κ2) is 9.10. The molecule has 0 aliphatic heterocycles. The predicted molar refractivity (Wildman–Crippen MR) is 115 cm³/mol. The fraction of sp³-hybridized carbons (Fsp3) is 0.478. The van der Waals surface area contributed by atoms with E-state index in [0.29, 0.717) is 16.5 Å². The van der Waals surface area contributed by atoms with Crippen LogP contribution in [0.15, 0.2) is 24.3 Å². The monoisotopic (exact) mass is 468 g/mol. The van der Waals surface area contributed by atoms with E-state index in [1.807, 2.05) is 0 Å². The van der Waals surface area contributed by atoms with Crippen molar-refractivity contribution in [3.8, 4) is 11.8 Å². The molecule has 0 saturated heterocycles. The first-order valence-corrected chi connectivity index (χ1v) is 11.1. The van der Waals surface area contributed by atoms with E-state index in [4.69, 9.17) is 0 Å². The number of halogens is 4. The van der Waals surface area contributed by atoms with E-state index in [1.165, 1.54) is 23.5 Å². The summed E-state index contributed by atoms with van der Waals surface area (Å²) in [5, 5.41) is 12.8. The molecular formula is C23H24F4N2O2S. The van der Waals surface area contributed by atoms with Crippen LogP contribution in [0, 0.1) is 22.7 Å². The van der Waals surface area contributed by atoms with Crippen LogP contribution in [-0.2, 0) is 12.8 Å². The molecule has 32 heavy (non-hydrogen) atoms. The zero-order valence-corrected chi connectivity index (χ0v) is 18.8. The van der Waals surface area contributed by atoms with Gasteiger partial charge < -0.3 is 10.1 Å². The maximum absolute atomic E-state index is 13.2. The van der Waals surface area contributed by atoms with Gasteiger partial charge in [-0.1, -0.05) is 33.3 Å². The Kier molecular flexibility index (Phi) is 6.84. The van der Waals surface area contributed by atoms with Crippen LogP contribution in [0.25, 0.3) is 0 Å². The number of carbonyl (C=O) groups excluding carboxylic acids is 1. The molecule has 0 fully saturated rings. The minimum absolute atomic E-state index is 0.0483. The number of carbonyl (C=O) groups is 1. The number of hydrogen-bond acceptors (Lipinski definition) is 4. The molecule has 1 heterocycles. The van der Waals surface area contributed by atoms with Crippen LogP contribution in [0.4, 0.5) is 22.6 Å². The summed E-state index contributed by atoms with van der Waals surface area (Å²) in [7, 11) is 0. The Hall–Kier alpha value is -2.60. The topological polar surface area (TPSA) is 62.1 Å². The summed E-state index contributed by atoms with van der Waals surface area (Å²) in [5.74, 6) is -0.728. The minimum atomic E-state index is -4.67. The van der Waals surface area contributed by atoms with E-state index in [2.05, 4.69) is 36.9 Å². The molecule has 0 unspecified atom stereocenters. The lowest BCUT2D eigenvalue weighted by atomic mass is 9.69. The second-order valence-corrected chi connectivity index (χ2v) is 9.65. The molecule has 1 N–H and O–H groups in total. The molecule has 1 aromatic carbocycles. The van der Waals surface area contributed by atoms with Crippen LogP contribution in [-0.4, -0.2) is 18.4 Å². The predicted octanol–water partition coefficient (Wildman–Crippen LogP) is 6.65. The lowest BCUT2D eigenvalue weighted by molar-refractivity contribution is -0.253. The number of benzene rings is 1. The molecule has 0 saturated carbocycles. The molecule has 4 nitrogen and oxygen atoms in total. The highest BCUT2D eigenvalue weighted by atomic mass is 32.1. The number of thiophene rings is 1. The van der Waals surface area contributed by atoms with Gasteiger partial charge in [-0.25, -0.2) is 0 Å². The van der Waals surface area contributed by atoms with Crippen molar-refractivity contribution in [2.24, 2.45) is 11.3 Å². The molecule has 172 valence electrons. The Bertz CT molecular complexity index is 1040. The maximum Gasteiger partial charge on any atom is 0.461 e. The summed E-state index contributed by atoms with van der Waals surface area (Å²) >= 11 is 1.35. The molecule has 0 radical (unpaired) electrons. The van der Waals surface area contributed by atoms with Crippen molar-refractivity contribution in [2.45, 2.75) is 59.0 Å². The maximum atomic E-state index is 13.2. The van der Waals surface area contributed by atoms with Crippen LogP contribution < -0.4 is 10.1 Å². The van der Waals surface area contributed by atoms with Crippen LogP contribution in [0.5, 0.6) is 5.75 Å². The van der Waals surface area contributed by atoms with Crippen molar-refractivity contribution >= 4 is 22.2 Å². The van der Waals surface area contributed by atoms with E-state index in [0.717, 1.165) is 48.3 Å². The molecule has 9 heteroatoms. The van der Waals surface area contributed by atoms with E-state index in [9.17, 15) is 27.6 Å². The summed E-state index contributed by atoms with van der Waals surface area (Å²) in [4.78, 5) is 13.8. The van der Waals surface area contributed by atoms with E-state index in [1.54, 1.807) is 0 Å². The number of amides is 1. The summed E-state index contributed by atoms with van der Waals surface area (Å²) < 4.78 is 55.2. The highest BCUT2D eigenvalue weighted by Gasteiger charge is 2.44. The molecule has 3 rings (SSSR count). The van der Waals surface area contributed by atoms with Gasteiger partial charge in [0.1, 0.15) is 16.8 Å². The largest absolute Gasteiger partial charge is 0.461 e. The molecule has 0 bridgehead atoms. The summed E-state index contributed by atoms with van der Waals surface area (Å²) in [6, 6.07) is 6.80. The molecule has 1 aliphatic carbocycles. The molecule has 1 aliphatic rings. The number of hydrogen-bond donors (Lipinski definition) is 1. The van der Waals surface area contributed by atoms with E-state index in [-0.39, 0.29) is 11.0 Å². The summed E-state index contributed by atoms with van der Waals surface area (Å²) in [5.41, 5.74) is 1.48. The SMILES string of the molecule is CCC(C)(C)[C@H]1CCc2c(sc(NC(=O)c3cccc(OC(F)(F)C(F)F)c3)c2C#N)C1. The highest BCUT2D eigenvalue weighted by Crippen LogP contribution is 2.45. The second-order valence-electron chi connectivity index (χ2n) is 8.55. The van der Waals surface area contributed by atoms with Gasteiger partial charge in [0.2, 0.25) is 0 Å². The van der Waals surface area contributed by atoms with Gasteiger partial charge in [0.15, 0.2) is 0 Å². The van der Waals surface area contributed by atoms with Gasteiger partial charge >= 0.3 is 12.5 Å². The third-order valence-corrected chi connectivity index (χ3v) is 7.39. The van der Waals surface area contributed by atoms with Crippen LogP contribution >= 0.6 is 11.3 Å². The normalized spacial score (nSPS) is 16.4. The van der Waals surface area contributed by atoms with Crippen molar-refractivity contribution in [3.63, 3.8) is 0 Å². The van der Waals surface area contributed by atoms with Gasteiger partial charge in [0, 0.05) is 10.4 Å². The number of ether oxygens (including phenoxy) is 1. The molecular weight excluding hydrogens is 444 g/mol. The average molecular weight is 469 g/mol. The Morgan fingerprint density at radius 2 is 2.09 bits per heavy atom. The summed E-state index contributed by atoms with van der Waals surface area (Å²) in [6.07, 6.45) is -5.08. The quantitative estimate of drug-likeness (QED) is 0.463. The first-order chi connectivity index (χ1) is 15.0. The fourth-order valence-electron chi connectivity index (χ4n) is 3.83. The van der Waals surface area contributed by atoms with Crippen LogP contribution in [0.1, 0.15) is 60.0 Å². The number of rotatable bonds is 7. The van der Waals surface area contributed by atoms with E-state index >= 15 is 0 Å². The zero-order valence-electron chi connectivity index (χ0n) is 18.0. The molecule has 2 aromatic rings. The smallest absolute Gasteiger partial charge is 0.428 e. The van der Waals surface area contributed by atoms with Gasteiger partial charge in [-0.15, -0.1) is 11.3 Å². The zero-order chi connectivity index (χ0) is 23.7. The average Bonchev–Trinajstić information content (AvgIpc) is 3.09. The Morgan fingerprint density at radius 3 is 2.72 bits per heavy atom. The van der Waals surface area contributed by atoms with Gasteiger partial charge in [-0.3, -0.25) is 4.79 Å². The fourth-order valence-corrected chi connectivity index (χ4v) is 5.10. The number of fused-ring (bicyclic) bond motifs is 1. The first-order valence-electron chi connectivity index (χ1n) is 10.3. The van der Waals surface area contributed by atoms with Crippen LogP contribution in [0.2, 0.25) is 0 Å². The molecule has 1 aromatic heterocycles. The lowest BCUT2D eigenvalue weighted by Gasteiger charge is -2.36. The van der Waals surface area contributed by atoms with Crippen molar-refractivity contribution in [2.75, 3.05) is 5.32 Å². The van der Waals surface area contributed by atoms with Gasteiger partial charge in [0.25, 0.3) is 5.91 Å². The third-order valence-electron chi connectivity index (χ3n) is 6.22. The number of alkyl halides is 4. The Labute approximate surface area is 188 Å². The van der Waals surface area contributed by atoms with Gasteiger partial charge in [-0.05, 0) is 54.4 Å². The lowest BCUT2D eigenvalue weighted by Crippen LogP contribution is -2.33. The Balaban J connectivity index is 1.81. The standard InChI is InChI=1S/C23H24F4N2O2S/c1-4-22(2,3)14-8-9-16-17(12-28)20(32-18(16)11-14)29-19(30)13-6-5-7-15(10-13)31-23(26,27)21(24)25/h5-7,10,14,21H,4,8-9,11H2,1-3H3,(H,29,30)/t14-/m0/s1. The highest BCUT2D eigenvalue weighted by molar-refractivity contribution is 7.16. The number of nitrogens with zero attached hydrogens (tertiary/aromatic N) is 1. The number of nitriles is 1. The molecule has 0 spiro atoms. The summed E-state index contributed by atoms with van der Waals surface area (Å²) in [6.45, 7) is 6.62. The third kappa shape index (κ3) is 4.90.